The van der Waals surface area contributed by atoms with Gasteiger partial charge in [0.05, 0.1) is 14.2 Å². The van der Waals surface area contributed by atoms with Crippen molar-refractivity contribution in [3.63, 3.8) is 0 Å². The molecule has 0 fully saturated rings. The van der Waals surface area contributed by atoms with E-state index < -0.39 is 17.4 Å². The Hall–Kier alpha value is -1.55. The third kappa shape index (κ3) is 3.01. The van der Waals surface area contributed by atoms with Crippen LogP contribution in [0.25, 0.3) is 0 Å². The zero-order valence-electron chi connectivity index (χ0n) is 10.5. The number of hydrogen-bond donors (Lipinski definition) is 0. The van der Waals surface area contributed by atoms with Crippen molar-refractivity contribution in [3.8, 4) is 0 Å². The molecule has 0 aliphatic heterocycles. The summed E-state index contributed by atoms with van der Waals surface area (Å²) in [5, 5.41) is 0.594. The molecule has 5 heteroatoms. The second kappa shape index (κ2) is 5.87. The molecule has 0 aromatic heterocycles. The molecule has 98 valence electrons. The van der Waals surface area contributed by atoms with Gasteiger partial charge in [-0.05, 0) is 31.0 Å². The summed E-state index contributed by atoms with van der Waals surface area (Å²) in [6, 6.07) is 6.91. The van der Waals surface area contributed by atoms with Gasteiger partial charge in [-0.2, -0.15) is 0 Å². The number of esters is 2. The molecule has 0 spiro atoms. The molecular weight excluding hydrogens is 256 g/mol. The maximum absolute atomic E-state index is 11.8. The molecule has 0 aliphatic carbocycles. The Balaban J connectivity index is 3.02. The highest BCUT2D eigenvalue weighted by Crippen LogP contribution is 2.26. The lowest BCUT2D eigenvalue weighted by molar-refractivity contribution is -0.167. The lowest BCUT2D eigenvalue weighted by Crippen LogP contribution is -2.40. The fourth-order valence-corrected chi connectivity index (χ4v) is 1.81. The number of carbonyl (C=O) groups excluding carboxylic acids is 2. The molecule has 0 unspecified atom stereocenters. The normalized spacial score (nSPS) is 10.9. The summed E-state index contributed by atoms with van der Waals surface area (Å²) in [4.78, 5) is 23.5. The maximum atomic E-state index is 11.8. The van der Waals surface area contributed by atoms with Crippen LogP contribution < -0.4 is 0 Å². The van der Waals surface area contributed by atoms with E-state index in [1.54, 1.807) is 24.3 Å². The van der Waals surface area contributed by atoms with Crippen molar-refractivity contribution in [1.29, 1.82) is 0 Å². The molecule has 1 rings (SSSR count). The second-order valence-electron chi connectivity index (χ2n) is 4.12. The van der Waals surface area contributed by atoms with Gasteiger partial charge in [-0.1, -0.05) is 23.7 Å². The monoisotopic (exact) mass is 270 g/mol. The number of rotatable bonds is 4. The van der Waals surface area contributed by atoms with Crippen molar-refractivity contribution in [2.24, 2.45) is 5.41 Å². The van der Waals surface area contributed by atoms with E-state index in [1.807, 2.05) is 0 Å². The van der Waals surface area contributed by atoms with Gasteiger partial charge in [-0.15, -0.1) is 0 Å². The number of hydrogen-bond acceptors (Lipinski definition) is 4. The van der Waals surface area contributed by atoms with Crippen molar-refractivity contribution < 1.29 is 19.1 Å². The Bertz CT molecular complexity index is 423. The van der Waals surface area contributed by atoms with Crippen LogP contribution in [0.4, 0.5) is 0 Å². The van der Waals surface area contributed by atoms with Crippen molar-refractivity contribution in [2.75, 3.05) is 14.2 Å². The fraction of sp³-hybridized carbons (Fsp3) is 0.385. The van der Waals surface area contributed by atoms with E-state index in [2.05, 4.69) is 9.47 Å². The Morgan fingerprint density at radius 1 is 1.11 bits per heavy atom. The molecule has 1 aromatic carbocycles. The molecule has 4 nitrogen and oxygen atoms in total. The van der Waals surface area contributed by atoms with Gasteiger partial charge >= 0.3 is 11.9 Å². The van der Waals surface area contributed by atoms with Crippen LogP contribution in [-0.4, -0.2) is 26.2 Å². The van der Waals surface area contributed by atoms with Gasteiger partial charge in [0.2, 0.25) is 0 Å². The topological polar surface area (TPSA) is 52.6 Å². The van der Waals surface area contributed by atoms with Gasteiger partial charge in [0.1, 0.15) is 0 Å². The first-order chi connectivity index (χ1) is 8.43. The van der Waals surface area contributed by atoms with Crippen LogP contribution >= 0.6 is 11.6 Å². The third-order valence-electron chi connectivity index (χ3n) is 2.74. The van der Waals surface area contributed by atoms with E-state index in [9.17, 15) is 9.59 Å². The fourth-order valence-electron chi connectivity index (χ4n) is 1.69. The summed E-state index contributed by atoms with van der Waals surface area (Å²) >= 11 is 5.78. The molecule has 0 amide bonds. The SMILES string of the molecule is COC(=O)C(C)(Cc1ccc(Cl)cc1)C(=O)OC. The number of halogens is 1. The highest BCUT2D eigenvalue weighted by atomic mass is 35.5. The first-order valence-electron chi connectivity index (χ1n) is 5.35. The highest BCUT2D eigenvalue weighted by molar-refractivity contribution is 6.30. The largest absolute Gasteiger partial charge is 0.468 e. The Kier molecular flexibility index (Phi) is 4.73. The standard InChI is InChI=1S/C13H15ClO4/c1-13(11(15)17-2,12(16)18-3)8-9-4-6-10(14)7-5-9/h4-7H,8H2,1-3H3. The van der Waals surface area contributed by atoms with Crippen LogP contribution in [0, 0.1) is 5.41 Å². The average molecular weight is 271 g/mol. The van der Waals surface area contributed by atoms with E-state index >= 15 is 0 Å². The molecule has 0 heterocycles. The summed E-state index contributed by atoms with van der Waals surface area (Å²) in [5.74, 6) is -1.24. The quantitative estimate of drug-likeness (QED) is 0.622. The first kappa shape index (κ1) is 14.5. The summed E-state index contributed by atoms with van der Waals surface area (Å²) in [6.45, 7) is 1.50. The van der Waals surface area contributed by atoms with Crippen LogP contribution in [0.3, 0.4) is 0 Å². The molecule has 0 aliphatic rings. The minimum absolute atomic E-state index is 0.198. The number of benzene rings is 1. The summed E-state index contributed by atoms with van der Waals surface area (Å²) in [6.07, 6.45) is 0.198. The van der Waals surface area contributed by atoms with Gasteiger partial charge in [0.15, 0.2) is 5.41 Å². The van der Waals surface area contributed by atoms with Crippen LogP contribution in [0.15, 0.2) is 24.3 Å². The zero-order valence-corrected chi connectivity index (χ0v) is 11.3. The van der Waals surface area contributed by atoms with Crippen LogP contribution in [-0.2, 0) is 25.5 Å². The van der Waals surface area contributed by atoms with Crippen LogP contribution in [0.2, 0.25) is 5.02 Å². The molecule has 18 heavy (non-hydrogen) atoms. The van der Waals surface area contributed by atoms with Gasteiger partial charge in [-0.25, -0.2) is 0 Å². The smallest absolute Gasteiger partial charge is 0.323 e. The minimum atomic E-state index is -1.35. The zero-order chi connectivity index (χ0) is 13.8. The molecule has 0 radical (unpaired) electrons. The molecular formula is C13H15ClO4. The molecule has 0 saturated carbocycles. The van der Waals surface area contributed by atoms with E-state index in [4.69, 9.17) is 11.6 Å². The van der Waals surface area contributed by atoms with Crippen LogP contribution in [0.1, 0.15) is 12.5 Å². The predicted molar refractivity (Wildman–Crippen MR) is 67.3 cm³/mol. The molecule has 1 aromatic rings. The molecule has 0 bridgehead atoms. The summed E-state index contributed by atoms with van der Waals surface area (Å²) in [5.41, 5.74) is -0.546. The van der Waals surface area contributed by atoms with E-state index in [0.29, 0.717) is 5.02 Å². The number of methoxy groups -OCH3 is 2. The lowest BCUT2D eigenvalue weighted by atomic mass is 9.83. The maximum Gasteiger partial charge on any atom is 0.323 e. The van der Waals surface area contributed by atoms with Gasteiger partial charge in [-0.3, -0.25) is 9.59 Å². The number of carbonyl (C=O) groups is 2. The molecule has 0 N–H and O–H groups in total. The number of ether oxygens (including phenoxy) is 2. The predicted octanol–water partition coefficient (Wildman–Crippen LogP) is 2.23. The Labute approximate surface area is 111 Å². The first-order valence-corrected chi connectivity index (χ1v) is 5.73. The Morgan fingerprint density at radius 2 is 1.56 bits per heavy atom. The van der Waals surface area contributed by atoms with Crippen molar-refractivity contribution in [1.82, 2.24) is 0 Å². The second-order valence-corrected chi connectivity index (χ2v) is 4.55. The summed E-state index contributed by atoms with van der Waals surface area (Å²) < 4.78 is 9.34. The average Bonchev–Trinajstić information content (AvgIpc) is 2.39. The molecule has 0 atom stereocenters. The van der Waals surface area contributed by atoms with E-state index in [-0.39, 0.29) is 6.42 Å². The lowest BCUT2D eigenvalue weighted by Gasteiger charge is -2.23. The highest BCUT2D eigenvalue weighted by Gasteiger charge is 2.43. The van der Waals surface area contributed by atoms with Crippen molar-refractivity contribution in [2.45, 2.75) is 13.3 Å². The van der Waals surface area contributed by atoms with E-state index in [1.165, 1.54) is 21.1 Å². The Morgan fingerprint density at radius 3 is 1.94 bits per heavy atom. The van der Waals surface area contributed by atoms with Crippen molar-refractivity contribution in [3.05, 3.63) is 34.9 Å². The summed E-state index contributed by atoms with van der Waals surface area (Å²) in [7, 11) is 2.48. The van der Waals surface area contributed by atoms with Crippen LogP contribution in [0.5, 0.6) is 0 Å². The van der Waals surface area contributed by atoms with E-state index in [0.717, 1.165) is 5.56 Å². The third-order valence-corrected chi connectivity index (χ3v) is 2.99. The minimum Gasteiger partial charge on any atom is -0.468 e. The van der Waals surface area contributed by atoms with Gasteiger partial charge < -0.3 is 9.47 Å². The van der Waals surface area contributed by atoms with Gasteiger partial charge in [0.25, 0.3) is 0 Å². The van der Waals surface area contributed by atoms with Gasteiger partial charge in [0, 0.05) is 5.02 Å². The molecule has 0 saturated heterocycles. The van der Waals surface area contributed by atoms with Crippen molar-refractivity contribution >= 4 is 23.5 Å².